The van der Waals surface area contributed by atoms with E-state index < -0.39 is 25.1 Å². The number of phenolic OH excluding ortho intramolecular Hbond substituents is 1. The van der Waals surface area contributed by atoms with Crippen LogP contribution in [0, 0.1) is 6.92 Å². The SMILES string of the molecule is Cc1cc(O)c(C(=O)CCc2ccc3occc3c2)c(OC(OC(C)C)C(O)C(O)CO)c1. The highest BCUT2D eigenvalue weighted by Crippen LogP contribution is 2.33. The summed E-state index contributed by atoms with van der Waals surface area (Å²) in [6.07, 6.45) is -2.70. The second-order valence-electron chi connectivity index (χ2n) is 8.28. The Hall–Kier alpha value is -2.91. The van der Waals surface area contributed by atoms with Crippen molar-refractivity contribution in [2.45, 2.75) is 58.2 Å². The van der Waals surface area contributed by atoms with Gasteiger partial charge in [-0.1, -0.05) is 6.07 Å². The monoisotopic (exact) mass is 458 g/mol. The molecule has 0 amide bonds. The molecule has 8 nitrogen and oxygen atoms in total. The van der Waals surface area contributed by atoms with Crippen molar-refractivity contribution in [2.75, 3.05) is 6.61 Å². The van der Waals surface area contributed by atoms with Gasteiger partial charge in [-0.05, 0) is 68.7 Å². The lowest BCUT2D eigenvalue weighted by molar-refractivity contribution is -0.194. The van der Waals surface area contributed by atoms with Crippen molar-refractivity contribution in [1.29, 1.82) is 0 Å². The number of phenols is 1. The highest BCUT2D eigenvalue weighted by molar-refractivity contribution is 6.01. The molecule has 178 valence electrons. The Bertz CT molecular complexity index is 1090. The molecule has 3 unspecified atom stereocenters. The zero-order valence-corrected chi connectivity index (χ0v) is 18.9. The molecule has 0 spiro atoms. The van der Waals surface area contributed by atoms with Crippen molar-refractivity contribution in [3.05, 3.63) is 59.4 Å². The number of furan rings is 1. The predicted octanol–water partition coefficient (Wildman–Crippen LogP) is 3.11. The average molecular weight is 459 g/mol. The van der Waals surface area contributed by atoms with Crippen LogP contribution >= 0.6 is 0 Å². The molecule has 0 aliphatic carbocycles. The van der Waals surface area contributed by atoms with Crippen LogP contribution in [0.15, 0.2) is 47.1 Å². The molecular formula is C25H30O8. The molecule has 0 aliphatic heterocycles. The van der Waals surface area contributed by atoms with Crippen LogP contribution in [0.4, 0.5) is 0 Å². The van der Waals surface area contributed by atoms with Crippen LogP contribution in [0.3, 0.4) is 0 Å². The Morgan fingerprint density at radius 2 is 1.88 bits per heavy atom. The molecule has 0 saturated heterocycles. The number of aliphatic hydroxyl groups is 3. The standard InChI is InChI=1S/C25H30O8/c1-14(2)32-25(24(30)20(29)13-26)33-22-11-15(3)10-19(28)23(22)18(27)6-4-16-5-7-21-17(12-16)8-9-31-21/h5,7-12,14,20,24-26,28-30H,4,6,13H2,1-3H3. The van der Waals surface area contributed by atoms with Gasteiger partial charge in [0.2, 0.25) is 6.29 Å². The van der Waals surface area contributed by atoms with Crippen molar-refractivity contribution in [1.82, 2.24) is 0 Å². The third-order valence-electron chi connectivity index (χ3n) is 5.17. The Morgan fingerprint density at radius 1 is 1.12 bits per heavy atom. The van der Waals surface area contributed by atoms with Gasteiger partial charge in [0.25, 0.3) is 0 Å². The third kappa shape index (κ3) is 6.11. The lowest BCUT2D eigenvalue weighted by Gasteiger charge is -2.29. The minimum Gasteiger partial charge on any atom is -0.507 e. The smallest absolute Gasteiger partial charge is 0.229 e. The number of Topliss-reactive ketones (excluding diaryl/α,β-unsaturated/α-hetero) is 1. The van der Waals surface area contributed by atoms with E-state index in [1.54, 1.807) is 33.1 Å². The largest absolute Gasteiger partial charge is 0.507 e. The number of fused-ring (bicyclic) bond motifs is 1. The first-order valence-corrected chi connectivity index (χ1v) is 10.8. The second kappa shape index (κ2) is 10.8. The van der Waals surface area contributed by atoms with Crippen molar-refractivity contribution < 1.29 is 39.1 Å². The van der Waals surface area contributed by atoms with Crippen LogP contribution in [0.1, 0.15) is 41.8 Å². The van der Waals surface area contributed by atoms with Gasteiger partial charge in [-0.2, -0.15) is 0 Å². The van der Waals surface area contributed by atoms with Gasteiger partial charge in [-0.25, -0.2) is 0 Å². The molecule has 1 heterocycles. The van der Waals surface area contributed by atoms with Crippen molar-refractivity contribution in [3.8, 4) is 11.5 Å². The fourth-order valence-electron chi connectivity index (χ4n) is 3.52. The van der Waals surface area contributed by atoms with Gasteiger partial charge in [-0.3, -0.25) is 4.79 Å². The van der Waals surface area contributed by atoms with Gasteiger partial charge in [0.15, 0.2) is 5.78 Å². The fraction of sp³-hybridized carbons (Fsp3) is 0.400. The van der Waals surface area contributed by atoms with Gasteiger partial charge in [0.05, 0.1) is 19.0 Å². The number of aromatic hydroxyl groups is 1. The molecule has 0 aliphatic rings. The molecule has 33 heavy (non-hydrogen) atoms. The first kappa shape index (κ1) is 24.7. The van der Waals surface area contributed by atoms with Gasteiger partial charge < -0.3 is 34.3 Å². The number of carbonyl (C=O) groups is 1. The van der Waals surface area contributed by atoms with Gasteiger partial charge >= 0.3 is 0 Å². The van der Waals surface area contributed by atoms with E-state index in [1.165, 1.54) is 6.07 Å². The van der Waals surface area contributed by atoms with E-state index in [0.717, 1.165) is 16.5 Å². The minimum absolute atomic E-state index is 0.0256. The van der Waals surface area contributed by atoms with Crippen LogP contribution in [0.2, 0.25) is 0 Å². The molecule has 1 aromatic heterocycles. The minimum atomic E-state index is -1.58. The summed E-state index contributed by atoms with van der Waals surface area (Å²) in [6, 6.07) is 10.5. The molecule has 8 heteroatoms. The number of carbonyl (C=O) groups excluding carboxylic acids is 1. The number of ether oxygens (including phenoxy) is 2. The Morgan fingerprint density at radius 3 is 2.58 bits per heavy atom. The first-order valence-electron chi connectivity index (χ1n) is 10.8. The van der Waals surface area contributed by atoms with E-state index >= 15 is 0 Å². The average Bonchev–Trinajstić information content (AvgIpc) is 3.23. The van der Waals surface area contributed by atoms with Crippen LogP contribution in [-0.2, 0) is 11.2 Å². The quantitative estimate of drug-likeness (QED) is 0.255. The lowest BCUT2D eigenvalue weighted by Crippen LogP contribution is -2.45. The zero-order valence-electron chi connectivity index (χ0n) is 18.9. The maximum atomic E-state index is 13.1. The summed E-state index contributed by atoms with van der Waals surface area (Å²) < 4.78 is 16.7. The highest BCUT2D eigenvalue weighted by Gasteiger charge is 2.31. The predicted molar refractivity (Wildman–Crippen MR) is 121 cm³/mol. The molecule has 3 rings (SSSR count). The molecule has 3 aromatic rings. The third-order valence-corrected chi connectivity index (χ3v) is 5.17. The van der Waals surface area contributed by atoms with E-state index in [2.05, 4.69) is 0 Å². The number of ketones is 1. The fourth-order valence-corrected chi connectivity index (χ4v) is 3.52. The van der Waals surface area contributed by atoms with E-state index in [4.69, 9.17) is 13.9 Å². The molecule has 0 saturated carbocycles. The Kier molecular flexibility index (Phi) is 8.10. The molecule has 3 atom stereocenters. The molecule has 0 bridgehead atoms. The van der Waals surface area contributed by atoms with E-state index in [0.29, 0.717) is 12.0 Å². The summed E-state index contributed by atoms with van der Waals surface area (Å²) >= 11 is 0. The summed E-state index contributed by atoms with van der Waals surface area (Å²) in [6.45, 7) is 4.45. The topological polar surface area (TPSA) is 130 Å². The summed E-state index contributed by atoms with van der Waals surface area (Å²) in [5, 5.41) is 40.9. The summed E-state index contributed by atoms with van der Waals surface area (Å²) in [7, 11) is 0. The van der Waals surface area contributed by atoms with E-state index in [9.17, 15) is 25.2 Å². The molecule has 0 radical (unpaired) electrons. The van der Waals surface area contributed by atoms with Crippen molar-refractivity contribution in [2.24, 2.45) is 0 Å². The normalized spacial score (nSPS) is 14.4. The zero-order chi connectivity index (χ0) is 24.1. The van der Waals surface area contributed by atoms with E-state index in [1.807, 2.05) is 24.3 Å². The molecular weight excluding hydrogens is 428 g/mol. The molecule has 0 fully saturated rings. The molecule has 2 aromatic carbocycles. The summed E-state index contributed by atoms with van der Waals surface area (Å²) in [4.78, 5) is 13.1. The van der Waals surface area contributed by atoms with Crippen LogP contribution in [-0.4, -0.2) is 57.4 Å². The van der Waals surface area contributed by atoms with Gasteiger partial charge in [0.1, 0.15) is 34.9 Å². The van der Waals surface area contributed by atoms with E-state index in [-0.39, 0.29) is 35.4 Å². The maximum Gasteiger partial charge on any atom is 0.229 e. The summed E-state index contributed by atoms with van der Waals surface area (Å²) in [5.74, 6) is -0.575. The number of hydrogen-bond acceptors (Lipinski definition) is 8. The second-order valence-corrected chi connectivity index (χ2v) is 8.28. The number of rotatable bonds is 11. The van der Waals surface area contributed by atoms with Crippen LogP contribution in [0.25, 0.3) is 11.0 Å². The first-order chi connectivity index (χ1) is 15.7. The number of benzene rings is 2. The number of aryl methyl sites for hydroxylation is 2. The van der Waals surface area contributed by atoms with Crippen molar-refractivity contribution in [3.63, 3.8) is 0 Å². The Labute approximate surface area is 192 Å². The number of hydrogen-bond donors (Lipinski definition) is 4. The molecule has 4 N–H and O–H groups in total. The maximum absolute atomic E-state index is 13.1. The lowest BCUT2D eigenvalue weighted by atomic mass is 9.99. The van der Waals surface area contributed by atoms with Crippen LogP contribution < -0.4 is 4.74 Å². The summed E-state index contributed by atoms with van der Waals surface area (Å²) in [5.41, 5.74) is 2.29. The highest BCUT2D eigenvalue weighted by atomic mass is 16.7. The van der Waals surface area contributed by atoms with Gasteiger partial charge in [0, 0.05) is 11.8 Å². The number of aliphatic hydroxyl groups excluding tert-OH is 3. The Balaban J connectivity index is 1.84. The van der Waals surface area contributed by atoms with Crippen molar-refractivity contribution >= 4 is 16.8 Å². The van der Waals surface area contributed by atoms with Gasteiger partial charge in [-0.15, -0.1) is 0 Å². The van der Waals surface area contributed by atoms with Crippen LogP contribution in [0.5, 0.6) is 11.5 Å².